The van der Waals surface area contributed by atoms with Crippen molar-refractivity contribution in [1.29, 1.82) is 0 Å². The number of nitrogens with one attached hydrogen (secondary N) is 1. The van der Waals surface area contributed by atoms with Crippen LogP contribution in [0.5, 0.6) is 0 Å². The molecule has 0 bridgehead atoms. The van der Waals surface area contributed by atoms with Gasteiger partial charge >= 0.3 is 0 Å². The summed E-state index contributed by atoms with van der Waals surface area (Å²) in [6.45, 7) is 11.8. The van der Waals surface area contributed by atoms with Crippen LogP contribution in [-0.2, 0) is 21.5 Å². The lowest BCUT2D eigenvalue weighted by Gasteiger charge is -2.29. The molecule has 0 saturated heterocycles. The molecule has 1 heterocycles. The van der Waals surface area contributed by atoms with Gasteiger partial charge in [-0.3, -0.25) is 9.59 Å². The molecule has 2 saturated carbocycles. The zero-order chi connectivity index (χ0) is 29.9. The van der Waals surface area contributed by atoms with Gasteiger partial charge in [0, 0.05) is 57.8 Å². The van der Waals surface area contributed by atoms with Crippen molar-refractivity contribution in [3.8, 4) is 0 Å². The highest BCUT2D eigenvalue weighted by Crippen LogP contribution is 2.34. The third-order valence-electron chi connectivity index (χ3n) is 8.63. The van der Waals surface area contributed by atoms with E-state index in [0.29, 0.717) is 5.69 Å². The van der Waals surface area contributed by atoms with Gasteiger partial charge in [-0.2, -0.15) is 0 Å². The fourth-order valence-electron chi connectivity index (χ4n) is 5.25. The highest BCUT2D eigenvalue weighted by atomic mass is 16.2. The summed E-state index contributed by atoms with van der Waals surface area (Å²) in [4.78, 5) is 31.1. The molecular weight excluding hydrogens is 512 g/mol. The molecule has 0 atom stereocenters. The minimum absolute atomic E-state index is 0.00424. The molecule has 0 spiro atoms. The van der Waals surface area contributed by atoms with Gasteiger partial charge < -0.3 is 25.4 Å². The third kappa shape index (κ3) is 7.21. The van der Waals surface area contributed by atoms with Gasteiger partial charge in [0.05, 0.1) is 22.4 Å². The molecular formula is C33H48N6O2. The van der Waals surface area contributed by atoms with Crippen molar-refractivity contribution < 1.29 is 9.59 Å². The lowest BCUT2D eigenvalue weighted by molar-refractivity contribution is -0.117. The maximum Gasteiger partial charge on any atom is 0.223 e. The fourth-order valence-corrected chi connectivity index (χ4v) is 5.25. The smallest absolute Gasteiger partial charge is 0.223 e. The molecule has 1 aromatic heterocycles. The van der Waals surface area contributed by atoms with E-state index in [0.717, 1.165) is 53.3 Å². The molecule has 5 rings (SSSR count). The van der Waals surface area contributed by atoms with Gasteiger partial charge in [-0.1, -0.05) is 33.6 Å². The molecule has 3 N–H and O–H groups in total. The fraction of sp³-hybridized carbons (Fsp3) is 0.545. The second-order valence-electron chi connectivity index (χ2n) is 12.9. The first-order valence-electron chi connectivity index (χ1n) is 15.0. The van der Waals surface area contributed by atoms with Crippen LogP contribution < -0.4 is 20.9 Å². The first-order valence-corrected chi connectivity index (χ1v) is 15.0. The van der Waals surface area contributed by atoms with E-state index in [1.165, 1.54) is 44.0 Å². The number of benzene rings is 2. The van der Waals surface area contributed by atoms with Crippen LogP contribution in [0.3, 0.4) is 0 Å². The zero-order valence-corrected chi connectivity index (χ0v) is 26.0. The molecule has 3 aromatic rings. The van der Waals surface area contributed by atoms with E-state index in [4.69, 9.17) is 10.7 Å². The summed E-state index contributed by atoms with van der Waals surface area (Å²) in [6, 6.07) is 11.9. The summed E-state index contributed by atoms with van der Waals surface area (Å²) >= 11 is 0. The van der Waals surface area contributed by atoms with Gasteiger partial charge in [0.25, 0.3) is 0 Å². The van der Waals surface area contributed by atoms with E-state index in [9.17, 15) is 9.59 Å². The van der Waals surface area contributed by atoms with Crippen LogP contribution in [0.25, 0.3) is 11.0 Å². The minimum atomic E-state index is 0.00424. The van der Waals surface area contributed by atoms with E-state index in [2.05, 4.69) is 36.7 Å². The molecule has 2 amide bonds. The van der Waals surface area contributed by atoms with Crippen LogP contribution in [0.15, 0.2) is 36.4 Å². The maximum atomic E-state index is 11.6. The minimum Gasteiger partial charge on any atom is -0.397 e. The van der Waals surface area contributed by atoms with E-state index in [1.807, 2.05) is 30.3 Å². The molecule has 0 aliphatic heterocycles. The van der Waals surface area contributed by atoms with E-state index < -0.39 is 0 Å². The number of amides is 2. The van der Waals surface area contributed by atoms with Crippen molar-refractivity contribution in [1.82, 2.24) is 9.55 Å². The van der Waals surface area contributed by atoms with Crippen molar-refractivity contribution in [3.05, 3.63) is 42.2 Å². The van der Waals surface area contributed by atoms with Crippen molar-refractivity contribution in [2.45, 2.75) is 85.1 Å². The number of carbonyl (C=O) groups excluding carboxylic acids is 2. The van der Waals surface area contributed by atoms with Gasteiger partial charge in [-0.25, -0.2) is 4.98 Å². The Hall–Kier alpha value is -3.55. The summed E-state index contributed by atoms with van der Waals surface area (Å²) in [6.07, 6.45) is 8.00. The highest BCUT2D eigenvalue weighted by molar-refractivity contribution is 5.93. The number of nitrogens with two attached hydrogens (primary N) is 1. The number of aromatic nitrogens is 2. The molecule has 8 nitrogen and oxygen atoms in total. The lowest BCUT2D eigenvalue weighted by Crippen LogP contribution is -2.24. The summed E-state index contributed by atoms with van der Waals surface area (Å²) < 4.78 is 2.40. The monoisotopic (exact) mass is 560 g/mol. The quantitative estimate of drug-likeness (QED) is 0.318. The summed E-state index contributed by atoms with van der Waals surface area (Å²) in [7, 11) is 3.55. The van der Waals surface area contributed by atoms with Gasteiger partial charge in [0.1, 0.15) is 5.82 Å². The van der Waals surface area contributed by atoms with Crippen LogP contribution in [0.4, 0.5) is 22.7 Å². The number of imidazole rings is 1. The topological polar surface area (TPSA) is 96.5 Å². The van der Waals surface area contributed by atoms with Crippen LogP contribution >= 0.6 is 0 Å². The number of hydrogen-bond donors (Lipinski definition) is 2. The predicted molar refractivity (Wildman–Crippen MR) is 171 cm³/mol. The van der Waals surface area contributed by atoms with Crippen LogP contribution in [-0.4, -0.2) is 42.0 Å². The normalized spacial score (nSPS) is 15.4. The van der Waals surface area contributed by atoms with E-state index in [1.54, 1.807) is 37.7 Å². The average molecular weight is 561 g/mol. The summed E-state index contributed by atoms with van der Waals surface area (Å²) in [5, 5.41) is 3.38. The molecule has 0 radical (unpaired) electrons. The Morgan fingerprint density at radius 3 is 1.98 bits per heavy atom. The van der Waals surface area contributed by atoms with Gasteiger partial charge in [-0.05, 0) is 73.9 Å². The largest absolute Gasteiger partial charge is 0.397 e. The van der Waals surface area contributed by atoms with Crippen molar-refractivity contribution in [2.75, 3.05) is 41.5 Å². The Bertz CT molecular complexity index is 1380. The second-order valence-corrected chi connectivity index (χ2v) is 12.9. The Labute approximate surface area is 245 Å². The van der Waals surface area contributed by atoms with Crippen LogP contribution in [0.1, 0.15) is 79.0 Å². The Morgan fingerprint density at radius 2 is 1.49 bits per heavy atom. The number of nitrogens with zero attached hydrogens (tertiary/aromatic N) is 4. The Kier molecular flexibility index (Phi) is 9.30. The van der Waals surface area contributed by atoms with Crippen LogP contribution in [0, 0.1) is 11.8 Å². The summed E-state index contributed by atoms with van der Waals surface area (Å²) in [5.74, 6) is 2.76. The van der Waals surface area contributed by atoms with Crippen molar-refractivity contribution in [2.24, 2.45) is 11.8 Å². The van der Waals surface area contributed by atoms with E-state index in [-0.39, 0.29) is 17.2 Å². The molecule has 41 heavy (non-hydrogen) atoms. The molecule has 8 heteroatoms. The highest BCUT2D eigenvalue weighted by Gasteiger charge is 2.27. The number of nitrogen functional groups attached to an aromatic ring is 1. The number of hydrogen-bond acceptors (Lipinski definition) is 5. The molecule has 2 aromatic carbocycles. The number of rotatable bonds is 7. The van der Waals surface area contributed by atoms with Gasteiger partial charge in [0.2, 0.25) is 11.8 Å². The molecule has 2 fully saturated rings. The molecule has 222 valence electrons. The standard InChI is InChI=1S/C19H27N3O.C14H21N3O/c1-13(23)21(5)15-9-10-17-16(11-15)20-18(19(2,3)4)22(17)12-14-7-6-8-14;1-10(18)17(2)12-6-7-14(13(15)8-12)16-9-11-4-3-5-11/h9-11,14H,6-8,12H2,1-5H3;6-8,11,16H,3-5,9,15H2,1-2H3. The number of carbonyl (C=O) groups is 2. The number of fused-ring (bicyclic) bond motifs is 1. The number of anilines is 4. The van der Waals surface area contributed by atoms with E-state index >= 15 is 0 Å². The second kappa shape index (κ2) is 12.5. The Morgan fingerprint density at radius 1 is 0.927 bits per heavy atom. The van der Waals surface area contributed by atoms with Gasteiger partial charge in [-0.15, -0.1) is 0 Å². The van der Waals surface area contributed by atoms with Crippen molar-refractivity contribution >= 4 is 45.6 Å². The predicted octanol–water partition coefficient (Wildman–Crippen LogP) is 6.58. The first kappa shape index (κ1) is 30.4. The average Bonchev–Trinajstić information content (AvgIpc) is 3.23. The third-order valence-corrected chi connectivity index (χ3v) is 8.63. The molecule has 2 aliphatic carbocycles. The Balaban J connectivity index is 0.000000195. The van der Waals surface area contributed by atoms with Gasteiger partial charge in [0.15, 0.2) is 0 Å². The molecule has 2 aliphatic rings. The molecule has 0 unspecified atom stereocenters. The van der Waals surface area contributed by atoms with Crippen LogP contribution in [0.2, 0.25) is 0 Å². The maximum absolute atomic E-state index is 11.6. The SMILES string of the molecule is CC(=O)N(C)c1ccc(NCC2CCC2)c(N)c1.CC(=O)N(C)c1ccc2c(c1)nc(C(C)(C)C)n2CC1CCC1. The lowest BCUT2D eigenvalue weighted by atomic mass is 9.85. The van der Waals surface area contributed by atoms with Crippen molar-refractivity contribution in [3.63, 3.8) is 0 Å². The zero-order valence-electron chi connectivity index (χ0n) is 26.0. The summed E-state index contributed by atoms with van der Waals surface area (Å²) in [5.41, 5.74) is 11.6. The first-order chi connectivity index (χ1) is 19.3.